The summed E-state index contributed by atoms with van der Waals surface area (Å²) in [6.45, 7) is 28.2. The summed E-state index contributed by atoms with van der Waals surface area (Å²) in [5.74, 6) is -0.808. The molecule has 0 aliphatic heterocycles. The molecule has 0 heterocycles. The van der Waals surface area contributed by atoms with E-state index in [2.05, 4.69) is 34.8 Å². The van der Waals surface area contributed by atoms with Crippen molar-refractivity contribution >= 4 is 29.7 Å². The molecule has 0 aliphatic carbocycles. The van der Waals surface area contributed by atoms with E-state index in [4.69, 9.17) is 10.8 Å². The normalized spacial score (nSPS) is 10.2. The second-order valence-corrected chi connectivity index (χ2v) is 9.82. The average Bonchev–Trinajstić information content (AvgIpc) is 3.12. The highest BCUT2D eigenvalue weighted by Crippen LogP contribution is 2.12. The number of aldehydes is 1. The summed E-state index contributed by atoms with van der Waals surface area (Å²) in [6, 6.07) is 5.68. The van der Waals surface area contributed by atoms with Gasteiger partial charge in [0.25, 0.3) is 0 Å². The molecule has 3 amide bonds. The van der Waals surface area contributed by atoms with E-state index in [0.717, 1.165) is 31.2 Å². The Balaban J connectivity index is -0.000000150. The van der Waals surface area contributed by atoms with Gasteiger partial charge < -0.3 is 32.1 Å². The topological polar surface area (TPSA) is 168 Å². The molecule has 1 aromatic carbocycles. The molecule has 10 heteroatoms. The second-order valence-electron chi connectivity index (χ2n) is 9.82. The van der Waals surface area contributed by atoms with Crippen LogP contribution in [0.4, 0.5) is 5.69 Å². The number of aliphatic hydroxyl groups excluding tert-OH is 1. The zero-order valence-electron chi connectivity index (χ0n) is 32.9. The van der Waals surface area contributed by atoms with Gasteiger partial charge in [0.1, 0.15) is 12.3 Å². The number of hydrogen-bond donors (Lipinski definition) is 5. The number of primary amides is 1. The van der Waals surface area contributed by atoms with Crippen LogP contribution in [0.1, 0.15) is 127 Å². The fourth-order valence-electron chi connectivity index (χ4n) is 2.75. The molecule has 48 heavy (non-hydrogen) atoms. The van der Waals surface area contributed by atoms with Gasteiger partial charge in [-0.3, -0.25) is 19.2 Å². The molecule has 282 valence electrons. The van der Waals surface area contributed by atoms with Crippen molar-refractivity contribution in [3.8, 4) is 0 Å². The summed E-state index contributed by atoms with van der Waals surface area (Å²) in [5.41, 5.74) is 11.9. The van der Waals surface area contributed by atoms with E-state index in [0.29, 0.717) is 18.5 Å². The van der Waals surface area contributed by atoms with Crippen LogP contribution in [0, 0.1) is 5.92 Å². The highest BCUT2D eigenvalue weighted by Gasteiger charge is 2.24. The van der Waals surface area contributed by atoms with Gasteiger partial charge in [0.2, 0.25) is 17.7 Å². The van der Waals surface area contributed by atoms with Crippen LogP contribution in [0.15, 0.2) is 49.2 Å². The first-order valence-corrected chi connectivity index (χ1v) is 17.6. The van der Waals surface area contributed by atoms with Gasteiger partial charge in [-0.15, -0.1) is 0 Å². The Labute approximate surface area is 295 Å². The van der Waals surface area contributed by atoms with E-state index >= 15 is 0 Å². The van der Waals surface area contributed by atoms with Crippen molar-refractivity contribution in [2.24, 2.45) is 17.4 Å². The third-order valence-electron chi connectivity index (χ3n) is 5.70. The quantitative estimate of drug-likeness (QED) is 0.0952. The Morgan fingerprint density at radius 3 is 1.73 bits per heavy atom. The summed E-state index contributed by atoms with van der Waals surface area (Å²) in [4.78, 5) is 45.6. The Morgan fingerprint density at radius 1 is 0.938 bits per heavy atom. The Morgan fingerprint density at radius 2 is 1.42 bits per heavy atom. The number of rotatable bonds is 15. The summed E-state index contributed by atoms with van der Waals surface area (Å²) < 4.78 is 0. The lowest BCUT2D eigenvalue weighted by Gasteiger charge is -2.22. The van der Waals surface area contributed by atoms with Crippen LogP contribution in [0.3, 0.4) is 0 Å². The number of unbranched alkanes of at least 4 members (excludes halogenated alkanes) is 2. The zero-order valence-corrected chi connectivity index (χ0v) is 32.9. The third kappa shape index (κ3) is 40.5. The Kier molecular flexibility index (Phi) is 54.0. The number of nitrogens with zero attached hydrogens (tertiary/aromatic N) is 1. The number of amides is 3. The van der Waals surface area contributed by atoms with Crippen LogP contribution in [-0.2, 0) is 25.8 Å². The van der Waals surface area contributed by atoms with E-state index < -0.39 is 12.1 Å². The van der Waals surface area contributed by atoms with Crippen LogP contribution in [-0.4, -0.2) is 59.7 Å². The van der Waals surface area contributed by atoms with E-state index in [1.807, 2.05) is 75.6 Å². The standard InChI is InChI=1S/C18H29N3O3.C7H15N.C4H6O.C3H7NO.3C2H6/c1-4-5-6-15(21-18(24)16(19)12(2)3)17(23)20-14-9-7-13(11-22)8-10-14;1-4-6-7-8(3)5-2;1-2-3-4-5;1-2-3(4)5;3*1-2/h7-10,12,15-16,22H,4-6,11,19H2,1-3H3,(H,20,23)(H,21,24);5H,2,4,6-7H2,1,3H3;2-4H,1H3;2H2,1H3,(H2,4,5);3*1-2H3/b;;3-2-;;;;. The van der Waals surface area contributed by atoms with Crippen molar-refractivity contribution in [1.82, 2.24) is 10.2 Å². The maximum Gasteiger partial charge on any atom is 0.246 e. The van der Waals surface area contributed by atoms with Crippen LogP contribution >= 0.6 is 0 Å². The lowest BCUT2D eigenvalue weighted by molar-refractivity contribution is -0.128. The van der Waals surface area contributed by atoms with Crippen molar-refractivity contribution in [3.63, 3.8) is 0 Å². The van der Waals surface area contributed by atoms with Crippen LogP contribution in [0.2, 0.25) is 0 Å². The maximum atomic E-state index is 12.5. The fraction of sp³-hybridized carbons (Fsp3) is 0.632. The summed E-state index contributed by atoms with van der Waals surface area (Å²) in [6.07, 6.45) is 11.0. The molecule has 0 radical (unpaired) electrons. The molecule has 1 rings (SSSR count). The smallest absolute Gasteiger partial charge is 0.246 e. The lowest BCUT2D eigenvalue weighted by atomic mass is 10.0. The molecule has 7 N–H and O–H groups in total. The average molecular weight is 682 g/mol. The van der Waals surface area contributed by atoms with Gasteiger partial charge in [-0.25, -0.2) is 0 Å². The fourth-order valence-corrected chi connectivity index (χ4v) is 2.75. The highest BCUT2D eigenvalue weighted by atomic mass is 16.3. The molecule has 0 spiro atoms. The summed E-state index contributed by atoms with van der Waals surface area (Å²) >= 11 is 0. The molecule has 0 aliphatic rings. The number of benzene rings is 1. The van der Waals surface area contributed by atoms with Gasteiger partial charge in [-0.05, 0) is 55.7 Å². The first-order valence-electron chi connectivity index (χ1n) is 17.6. The summed E-state index contributed by atoms with van der Waals surface area (Å²) in [5, 5.41) is 14.6. The molecule has 0 saturated heterocycles. The number of carbonyl (C=O) groups excluding carboxylic acids is 4. The van der Waals surface area contributed by atoms with Gasteiger partial charge in [-0.2, -0.15) is 0 Å². The molecule has 10 nitrogen and oxygen atoms in total. The van der Waals surface area contributed by atoms with Gasteiger partial charge in [0.15, 0.2) is 0 Å². The van der Waals surface area contributed by atoms with E-state index in [-0.39, 0.29) is 30.2 Å². The molecular weight excluding hydrogens is 606 g/mol. The minimum absolute atomic E-state index is 0.00547. The monoisotopic (exact) mass is 682 g/mol. The van der Waals surface area contributed by atoms with Crippen LogP contribution < -0.4 is 22.1 Å². The molecular formula is C38H75N5O5. The summed E-state index contributed by atoms with van der Waals surface area (Å²) in [7, 11) is 2.04. The minimum atomic E-state index is -0.634. The van der Waals surface area contributed by atoms with Crippen LogP contribution in [0.5, 0.6) is 0 Å². The number of nitrogens with two attached hydrogens (primary N) is 2. The molecule has 2 atom stereocenters. The number of hydrogen-bond acceptors (Lipinski definition) is 7. The van der Waals surface area contributed by atoms with Gasteiger partial charge >= 0.3 is 0 Å². The minimum Gasteiger partial charge on any atom is -0.392 e. The molecule has 1 aromatic rings. The molecule has 0 aromatic heterocycles. The number of carbonyl (C=O) groups is 4. The van der Waals surface area contributed by atoms with Crippen molar-refractivity contribution < 1.29 is 24.3 Å². The highest BCUT2D eigenvalue weighted by molar-refractivity contribution is 5.97. The molecule has 0 fully saturated rings. The van der Waals surface area contributed by atoms with Crippen molar-refractivity contribution in [2.45, 2.75) is 140 Å². The maximum absolute atomic E-state index is 12.5. The number of allylic oxidation sites excluding steroid dienone is 2. The van der Waals surface area contributed by atoms with Crippen molar-refractivity contribution in [2.75, 3.05) is 18.9 Å². The number of aliphatic hydroxyl groups is 1. The van der Waals surface area contributed by atoms with E-state index in [1.54, 1.807) is 44.2 Å². The lowest BCUT2D eigenvalue weighted by Crippen LogP contribution is -2.51. The SMILES string of the molecule is C/C=C\C=O.C=CN(C)CCCC.CC.CC.CC.CCC(N)=O.CCCCC(NC(=O)C(N)C(C)C)C(=O)Nc1ccc(CO)cc1. The second kappa shape index (κ2) is 45.6. The Bertz CT molecular complexity index is 890. The predicted octanol–water partition coefficient (Wildman–Crippen LogP) is 7.36. The van der Waals surface area contributed by atoms with Gasteiger partial charge in [0.05, 0.1) is 12.6 Å². The van der Waals surface area contributed by atoms with Crippen molar-refractivity contribution in [3.05, 3.63) is 54.8 Å². The van der Waals surface area contributed by atoms with Gasteiger partial charge in [-0.1, -0.05) is 120 Å². The first-order chi connectivity index (χ1) is 22.9. The number of anilines is 1. The first kappa shape index (κ1) is 56.8. The number of nitrogens with one attached hydrogen (secondary N) is 2. The van der Waals surface area contributed by atoms with E-state index in [1.165, 1.54) is 18.9 Å². The van der Waals surface area contributed by atoms with Gasteiger partial charge in [0, 0.05) is 25.7 Å². The molecule has 0 bridgehead atoms. The predicted molar refractivity (Wildman–Crippen MR) is 207 cm³/mol. The largest absolute Gasteiger partial charge is 0.392 e. The molecule has 2 unspecified atom stereocenters. The zero-order chi connectivity index (χ0) is 38.9. The third-order valence-corrected chi connectivity index (χ3v) is 5.70. The van der Waals surface area contributed by atoms with Crippen molar-refractivity contribution in [1.29, 1.82) is 0 Å². The van der Waals surface area contributed by atoms with Crippen LogP contribution in [0.25, 0.3) is 0 Å². The van der Waals surface area contributed by atoms with E-state index in [9.17, 15) is 19.2 Å². The Hall–Kier alpha value is -3.50. The molecule has 0 saturated carbocycles.